The fourth-order valence-electron chi connectivity index (χ4n) is 2.95. The summed E-state index contributed by atoms with van der Waals surface area (Å²) < 4.78 is 11.0. The maximum atomic E-state index is 12.3. The predicted molar refractivity (Wildman–Crippen MR) is 108 cm³/mol. The molecule has 7 nitrogen and oxygen atoms in total. The van der Waals surface area contributed by atoms with Gasteiger partial charge in [-0.05, 0) is 42.8 Å². The van der Waals surface area contributed by atoms with Crippen LogP contribution in [0.1, 0.15) is 27.5 Å². The zero-order valence-electron chi connectivity index (χ0n) is 16.0. The van der Waals surface area contributed by atoms with E-state index < -0.39 is 0 Å². The van der Waals surface area contributed by atoms with E-state index in [0.29, 0.717) is 24.5 Å². The van der Waals surface area contributed by atoms with E-state index in [1.54, 1.807) is 18.5 Å². The summed E-state index contributed by atoms with van der Waals surface area (Å²) in [4.78, 5) is 20.8. The maximum Gasteiger partial charge on any atom is 0.273 e. The highest BCUT2D eigenvalue weighted by Crippen LogP contribution is 2.20. The van der Waals surface area contributed by atoms with Gasteiger partial charge in [-0.2, -0.15) is 0 Å². The largest absolute Gasteiger partial charge is 0.486 e. The number of nitrogens with zero attached hydrogens (tertiary/aromatic N) is 3. The van der Waals surface area contributed by atoms with E-state index in [2.05, 4.69) is 20.4 Å². The van der Waals surface area contributed by atoms with Gasteiger partial charge in [0.2, 0.25) is 0 Å². The van der Waals surface area contributed by atoms with E-state index in [1.807, 2.05) is 49.4 Å². The number of aromatic nitrogens is 3. The minimum atomic E-state index is -0.287. The van der Waals surface area contributed by atoms with E-state index in [1.165, 1.54) is 0 Å². The lowest BCUT2D eigenvalue weighted by atomic mass is 10.1. The molecule has 0 spiro atoms. The Bertz CT molecular complexity index is 1140. The highest BCUT2D eigenvalue weighted by atomic mass is 16.5. The molecule has 0 radical (unpaired) electrons. The van der Waals surface area contributed by atoms with Crippen LogP contribution >= 0.6 is 0 Å². The second kappa shape index (κ2) is 8.52. The zero-order valence-corrected chi connectivity index (χ0v) is 16.0. The summed E-state index contributed by atoms with van der Waals surface area (Å²) in [5.74, 6) is 0.881. The van der Waals surface area contributed by atoms with Crippen molar-refractivity contribution < 1.29 is 14.1 Å². The number of nitrogens with one attached hydrogen (secondary N) is 1. The van der Waals surface area contributed by atoms with Gasteiger partial charge >= 0.3 is 0 Å². The normalized spacial score (nSPS) is 10.8. The summed E-state index contributed by atoms with van der Waals surface area (Å²) in [6.07, 6.45) is 4.16. The summed E-state index contributed by atoms with van der Waals surface area (Å²) in [5.41, 5.74) is 3.20. The molecule has 0 fully saturated rings. The van der Waals surface area contributed by atoms with Gasteiger partial charge in [0.1, 0.15) is 12.4 Å². The molecule has 0 atom stereocenters. The maximum absolute atomic E-state index is 12.3. The fraction of sp³-hybridized carbons (Fsp3) is 0.182. The molecule has 0 saturated heterocycles. The van der Waals surface area contributed by atoms with Crippen LogP contribution in [0.15, 0.2) is 65.4 Å². The molecule has 1 aromatic carbocycles. The second-order valence-electron chi connectivity index (χ2n) is 6.60. The molecule has 3 aromatic heterocycles. The van der Waals surface area contributed by atoms with Crippen LogP contribution in [-0.4, -0.2) is 27.6 Å². The third-order valence-electron chi connectivity index (χ3n) is 4.51. The first-order chi connectivity index (χ1) is 14.2. The Labute approximate surface area is 167 Å². The molecule has 0 aliphatic carbocycles. The Kier molecular flexibility index (Phi) is 5.47. The lowest BCUT2D eigenvalue weighted by molar-refractivity contribution is 0.0944. The van der Waals surface area contributed by atoms with Crippen molar-refractivity contribution in [1.29, 1.82) is 0 Å². The molecule has 0 bridgehead atoms. The van der Waals surface area contributed by atoms with Crippen LogP contribution in [0.3, 0.4) is 0 Å². The van der Waals surface area contributed by atoms with Gasteiger partial charge in [-0.25, -0.2) is 0 Å². The quantitative estimate of drug-likeness (QED) is 0.521. The average Bonchev–Trinajstić information content (AvgIpc) is 3.23. The highest BCUT2D eigenvalue weighted by molar-refractivity contribution is 5.92. The molecule has 7 heteroatoms. The second-order valence-corrected chi connectivity index (χ2v) is 6.60. The van der Waals surface area contributed by atoms with Crippen molar-refractivity contribution >= 4 is 16.8 Å². The number of fused-ring (bicyclic) bond motifs is 1. The Morgan fingerprint density at radius 2 is 1.97 bits per heavy atom. The monoisotopic (exact) mass is 388 g/mol. The van der Waals surface area contributed by atoms with Crippen molar-refractivity contribution in [2.24, 2.45) is 0 Å². The van der Waals surface area contributed by atoms with E-state index in [9.17, 15) is 4.79 Å². The lowest BCUT2D eigenvalue weighted by Gasteiger charge is -2.05. The molecule has 3 heterocycles. The van der Waals surface area contributed by atoms with Gasteiger partial charge in [0.25, 0.3) is 5.91 Å². The number of ether oxygens (including phenoxy) is 1. The van der Waals surface area contributed by atoms with E-state index in [0.717, 1.165) is 22.2 Å². The van der Waals surface area contributed by atoms with Crippen molar-refractivity contribution in [3.05, 3.63) is 83.6 Å². The van der Waals surface area contributed by atoms with Crippen molar-refractivity contribution in [1.82, 2.24) is 20.4 Å². The summed E-state index contributed by atoms with van der Waals surface area (Å²) in [6, 6.07) is 15.0. The first kappa shape index (κ1) is 18.6. The predicted octanol–water partition coefficient (Wildman–Crippen LogP) is 3.48. The third kappa shape index (κ3) is 4.57. The molecule has 0 aliphatic rings. The van der Waals surface area contributed by atoms with Crippen LogP contribution in [0.5, 0.6) is 5.75 Å². The van der Waals surface area contributed by atoms with Crippen LogP contribution in [0.4, 0.5) is 0 Å². The number of carbonyl (C=O) groups is 1. The molecule has 0 saturated carbocycles. The zero-order chi connectivity index (χ0) is 20.1. The Morgan fingerprint density at radius 1 is 1.10 bits per heavy atom. The topological polar surface area (TPSA) is 90.1 Å². The minimum absolute atomic E-state index is 0.180. The summed E-state index contributed by atoms with van der Waals surface area (Å²) in [7, 11) is 0. The molecule has 146 valence electrons. The van der Waals surface area contributed by atoms with Crippen molar-refractivity contribution in [3.8, 4) is 5.75 Å². The van der Waals surface area contributed by atoms with Gasteiger partial charge in [-0.15, -0.1) is 0 Å². The highest BCUT2D eigenvalue weighted by Gasteiger charge is 2.13. The van der Waals surface area contributed by atoms with Crippen LogP contribution in [-0.2, 0) is 13.0 Å². The summed E-state index contributed by atoms with van der Waals surface area (Å²) in [5, 5.41) is 7.65. The average molecular weight is 388 g/mol. The van der Waals surface area contributed by atoms with E-state index in [4.69, 9.17) is 9.26 Å². The molecular weight excluding hydrogens is 368 g/mol. The van der Waals surface area contributed by atoms with Crippen molar-refractivity contribution in [2.45, 2.75) is 20.0 Å². The minimum Gasteiger partial charge on any atom is -0.486 e. The molecule has 29 heavy (non-hydrogen) atoms. The number of rotatable bonds is 7. The molecule has 4 aromatic rings. The first-order valence-corrected chi connectivity index (χ1v) is 9.31. The van der Waals surface area contributed by atoms with Crippen LogP contribution in [0.25, 0.3) is 10.9 Å². The molecule has 1 amide bonds. The number of aryl methyl sites for hydroxylation is 1. The Hall–Kier alpha value is -3.74. The molecule has 1 N–H and O–H groups in total. The Morgan fingerprint density at radius 3 is 2.86 bits per heavy atom. The smallest absolute Gasteiger partial charge is 0.273 e. The van der Waals surface area contributed by atoms with Crippen molar-refractivity contribution in [2.75, 3.05) is 6.54 Å². The van der Waals surface area contributed by atoms with Gasteiger partial charge in [-0.3, -0.25) is 14.8 Å². The molecule has 0 unspecified atom stereocenters. The van der Waals surface area contributed by atoms with E-state index >= 15 is 0 Å². The third-order valence-corrected chi connectivity index (χ3v) is 4.51. The van der Waals surface area contributed by atoms with Gasteiger partial charge in [0.05, 0.1) is 5.52 Å². The molecule has 4 rings (SSSR count). The lowest BCUT2D eigenvalue weighted by Crippen LogP contribution is -2.26. The molecule has 0 aliphatic heterocycles. The number of hydrogen-bond acceptors (Lipinski definition) is 6. The number of pyridine rings is 2. The summed E-state index contributed by atoms with van der Waals surface area (Å²) in [6.45, 7) is 2.65. The number of benzene rings is 1. The van der Waals surface area contributed by atoms with Crippen LogP contribution in [0, 0.1) is 6.92 Å². The van der Waals surface area contributed by atoms with Gasteiger partial charge in [0, 0.05) is 42.5 Å². The first-order valence-electron chi connectivity index (χ1n) is 9.31. The van der Waals surface area contributed by atoms with E-state index in [-0.39, 0.29) is 18.2 Å². The van der Waals surface area contributed by atoms with Crippen molar-refractivity contribution in [3.63, 3.8) is 0 Å². The molecular formula is C22H20N4O3. The van der Waals surface area contributed by atoms with Gasteiger partial charge in [0.15, 0.2) is 11.5 Å². The Balaban J connectivity index is 1.30. The number of hydrogen-bond donors (Lipinski definition) is 1. The van der Waals surface area contributed by atoms with Crippen LogP contribution < -0.4 is 10.1 Å². The fourth-order valence-corrected chi connectivity index (χ4v) is 2.95. The summed E-state index contributed by atoms with van der Waals surface area (Å²) >= 11 is 0. The number of carbonyl (C=O) groups excluding carboxylic acids is 1. The standard InChI is InChI=1S/C22H20N4O3/c1-15-4-2-9-23-19(15)8-11-25-22(27)21-13-18(29-26-21)14-28-17-6-7-20-16(12-17)5-3-10-24-20/h2-7,9-10,12-13H,8,11,14H2,1H3,(H,25,27). The SMILES string of the molecule is Cc1cccnc1CCNC(=O)c1cc(COc2ccc3ncccc3c2)on1. The number of amides is 1. The van der Waals surface area contributed by atoms with Crippen LogP contribution in [0.2, 0.25) is 0 Å². The van der Waals surface area contributed by atoms with Gasteiger partial charge in [-0.1, -0.05) is 17.3 Å². The van der Waals surface area contributed by atoms with Gasteiger partial charge < -0.3 is 14.6 Å².